The Morgan fingerprint density at radius 3 is 2.87 bits per heavy atom. The highest BCUT2D eigenvalue weighted by atomic mass is 16.3. The average Bonchev–Trinajstić information content (AvgIpc) is 2.60. The third-order valence-corrected chi connectivity index (χ3v) is 2.34. The molecule has 0 saturated heterocycles. The summed E-state index contributed by atoms with van der Waals surface area (Å²) in [5.41, 5.74) is 6.66. The van der Waals surface area contributed by atoms with Crippen LogP contribution in [0.3, 0.4) is 0 Å². The molecule has 3 N–H and O–H groups in total. The van der Waals surface area contributed by atoms with Crippen LogP contribution in [0.15, 0.2) is 30.6 Å². The average molecular weight is 200 g/mol. The Labute approximate surface area is 84.8 Å². The first-order chi connectivity index (χ1) is 7.25. The van der Waals surface area contributed by atoms with Gasteiger partial charge in [0.15, 0.2) is 0 Å². The molecule has 3 aromatic rings. The van der Waals surface area contributed by atoms with Crippen molar-refractivity contribution in [2.24, 2.45) is 0 Å². The van der Waals surface area contributed by atoms with Gasteiger partial charge in [0.05, 0.1) is 11.7 Å². The smallest absolute Gasteiger partial charge is 0.235 e. The van der Waals surface area contributed by atoms with Crippen molar-refractivity contribution in [2.75, 3.05) is 5.73 Å². The van der Waals surface area contributed by atoms with E-state index in [1.165, 1.54) is 0 Å². The number of hydrogen-bond donors (Lipinski definition) is 2. The van der Waals surface area contributed by atoms with Crippen LogP contribution >= 0.6 is 0 Å². The molecule has 0 saturated carbocycles. The van der Waals surface area contributed by atoms with Gasteiger partial charge in [0, 0.05) is 11.6 Å². The molecule has 5 nitrogen and oxygen atoms in total. The second-order valence-electron chi connectivity index (χ2n) is 3.32. The first-order valence-electron chi connectivity index (χ1n) is 4.46. The van der Waals surface area contributed by atoms with Crippen LogP contribution in [0.1, 0.15) is 0 Å². The Balaban J connectivity index is 2.58. The first kappa shape index (κ1) is 8.05. The van der Waals surface area contributed by atoms with Crippen LogP contribution in [-0.2, 0) is 0 Å². The number of phenolic OH excluding ortho intramolecular Hbond substituents is 1. The summed E-state index contributed by atoms with van der Waals surface area (Å²) in [7, 11) is 0. The van der Waals surface area contributed by atoms with E-state index < -0.39 is 0 Å². The molecular formula is C10H8N4O. The lowest BCUT2D eigenvalue weighted by Gasteiger charge is -2.02. The van der Waals surface area contributed by atoms with Crippen molar-refractivity contribution in [3.8, 4) is 5.75 Å². The van der Waals surface area contributed by atoms with Crippen molar-refractivity contribution in [3.05, 3.63) is 30.6 Å². The van der Waals surface area contributed by atoms with E-state index in [4.69, 9.17) is 5.73 Å². The summed E-state index contributed by atoms with van der Waals surface area (Å²) in [6.45, 7) is 0. The summed E-state index contributed by atoms with van der Waals surface area (Å²) in [5, 5.41) is 10.2. The number of nitrogens with two attached hydrogens (primary N) is 1. The number of hydrogen-bond acceptors (Lipinski definition) is 4. The summed E-state index contributed by atoms with van der Waals surface area (Å²) >= 11 is 0. The Bertz CT molecular complexity index is 659. The summed E-state index contributed by atoms with van der Waals surface area (Å²) in [5.74, 6) is 1.31. The van der Waals surface area contributed by atoms with E-state index in [0.717, 1.165) is 10.9 Å². The van der Waals surface area contributed by atoms with Crippen molar-refractivity contribution in [1.82, 2.24) is 14.4 Å². The second-order valence-corrected chi connectivity index (χ2v) is 3.32. The van der Waals surface area contributed by atoms with Crippen molar-refractivity contribution < 1.29 is 5.11 Å². The van der Waals surface area contributed by atoms with Gasteiger partial charge in [0.1, 0.15) is 11.6 Å². The monoisotopic (exact) mass is 200 g/mol. The van der Waals surface area contributed by atoms with E-state index in [2.05, 4.69) is 9.97 Å². The van der Waals surface area contributed by atoms with Gasteiger partial charge in [0.25, 0.3) is 0 Å². The molecule has 0 aliphatic rings. The van der Waals surface area contributed by atoms with E-state index in [9.17, 15) is 5.11 Å². The molecule has 74 valence electrons. The molecule has 0 unspecified atom stereocenters. The first-order valence-corrected chi connectivity index (χ1v) is 4.46. The van der Waals surface area contributed by atoms with Gasteiger partial charge in [-0.3, -0.25) is 4.40 Å². The summed E-state index contributed by atoms with van der Waals surface area (Å²) < 4.78 is 1.74. The molecule has 0 bridgehead atoms. The zero-order valence-electron chi connectivity index (χ0n) is 7.75. The maximum absolute atomic E-state index is 9.34. The maximum Gasteiger partial charge on any atom is 0.235 e. The molecule has 0 aliphatic carbocycles. The van der Waals surface area contributed by atoms with Gasteiger partial charge >= 0.3 is 0 Å². The van der Waals surface area contributed by atoms with Crippen LogP contribution in [0, 0.1) is 0 Å². The van der Waals surface area contributed by atoms with Gasteiger partial charge in [0.2, 0.25) is 5.78 Å². The van der Waals surface area contributed by atoms with Gasteiger partial charge in [-0.15, -0.1) is 0 Å². The van der Waals surface area contributed by atoms with E-state index in [1.807, 2.05) is 0 Å². The number of nitrogens with zero attached hydrogens (tertiary/aromatic N) is 3. The number of fused-ring (bicyclic) bond motifs is 3. The Morgan fingerprint density at radius 1 is 1.20 bits per heavy atom. The van der Waals surface area contributed by atoms with Gasteiger partial charge in [-0.2, -0.15) is 0 Å². The number of rotatable bonds is 0. The highest BCUT2D eigenvalue weighted by molar-refractivity contribution is 5.82. The number of phenols is 1. The molecule has 3 rings (SSSR count). The lowest BCUT2D eigenvalue weighted by molar-refractivity contribution is 0.476. The molecule has 5 heteroatoms. The number of imidazole rings is 1. The molecule has 0 aliphatic heterocycles. The zero-order chi connectivity index (χ0) is 10.4. The third-order valence-electron chi connectivity index (χ3n) is 2.34. The molecule has 15 heavy (non-hydrogen) atoms. The van der Waals surface area contributed by atoms with Gasteiger partial charge < -0.3 is 10.8 Å². The summed E-state index contributed by atoms with van der Waals surface area (Å²) in [6.07, 6.45) is 3.23. The normalized spacial score (nSPS) is 11.2. The van der Waals surface area contributed by atoms with Crippen LogP contribution in [-0.4, -0.2) is 19.5 Å². The van der Waals surface area contributed by atoms with Crippen LogP contribution in [0.25, 0.3) is 16.7 Å². The second kappa shape index (κ2) is 2.60. The maximum atomic E-state index is 9.34. The quantitative estimate of drug-likeness (QED) is 0.571. The van der Waals surface area contributed by atoms with E-state index >= 15 is 0 Å². The fraction of sp³-hybridized carbons (Fsp3) is 0. The summed E-state index contributed by atoms with van der Waals surface area (Å²) in [4.78, 5) is 8.19. The molecule has 2 heterocycles. The minimum Gasteiger partial charge on any atom is -0.508 e. The number of nitrogen functional groups attached to an aromatic ring is 1. The number of aromatic hydroxyl groups is 1. The van der Waals surface area contributed by atoms with E-state index in [0.29, 0.717) is 11.6 Å². The molecular weight excluding hydrogens is 192 g/mol. The fourth-order valence-corrected chi connectivity index (χ4v) is 1.67. The van der Waals surface area contributed by atoms with Gasteiger partial charge in [-0.25, -0.2) is 9.97 Å². The highest BCUT2D eigenvalue weighted by Crippen LogP contribution is 2.21. The van der Waals surface area contributed by atoms with Crippen LogP contribution in [0.5, 0.6) is 5.75 Å². The topological polar surface area (TPSA) is 76.4 Å². The number of aromatic nitrogens is 3. The molecule has 0 radical (unpaired) electrons. The minimum absolute atomic E-state index is 0.210. The molecule has 0 atom stereocenters. The predicted octanol–water partition coefficient (Wildman–Crippen LogP) is 1.17. The van der Waals surface area contributed by atoms with Crippen LogP contribution in [0.2, 0.25) is 0 Å². The largest absolute Gasteiger partial charge is 0.508 e. The third kappa shape index (κ3) is 1.03. The minimum atomic E-state index is 0.210. The Hall–Kier alpha value is -2.30. The number of benzene rings is 1. The molecule has 0 spiro atoms. The van der Waals surface area contributed by atoms with E-state index in [1.54, 1.807) is 35.0 Å². The predicted molar refractivity (Wildman–Crippen MR) is 56.6 cm³/mol. The van der Waals surface area contributed by atoms with Gasteiger partial charge in [-0.1, -0.05) is 0 Å². The Kier molecular flexibility index (Phi) is 1.39. The molecule has 0 fully saturated rings. The summed E-state index contributed by atoms with van der Waals surface area (Å²) in [6, 6.07) is 5.04. The molecule has 0 amide bonds. The van der Waals surface area contributed by atoms with Crippen LogP contribution < -0.4 is 5.73 Å². The van der Waals surface area contributed by atoms with Crippen molar-refractivity contribution in [1.29, 1.82) is 0 Å². The molecule has 1 aromatic carbocycles. The SMILES string of the molecule is Nc1cnc2ncc3cc(O)ccc3n12. The standard InChI is InChI=1S/C10H8N4O/c11-9-5-13-10-12-4-6-3-7(15)1-2-8(6)14(9)10/h1-5,15H,11H2. The van der Waals surface area contributed by atoms with E-state index in [-0.39, 0.29) is 5.75 Å². The highest BCUT2D eigenvalue weighted by Gasteiger charge is 2.05. The lowest BCUT2D eigenvalue weighted by Crippen LogP contribution is -1.95. The van der Waals surface area contributed by atoms with Crippen molar-refractivity contribution in [2.45, 2.75) is 0 Å². The number of anilines is 1. The van der Waals surface area contributed by atoms with Crippen LogP contribution in [0.4, 0.5) is 5.82 Å². The Morgan fingerprint density at radius 2 is 2.00 bits per heavy atom. The fourth-order valence-electron chi connectivity index (χ4n) is 1.67. The van der Waals surface area contributed by atoms with Crippen molar-refractivity contribution >= 4 is 22.5 Å². The van der Waals surface area contributed by atoms with Crippen molar-refractivity contribution in [3.63, 3.8) is 0 Å². The zero-order valence-corrected chi connectivity index (χ0v) is 7.75. The molecule has 2 aromatic heterocycles. The van der Waals surface area contributed by atoms with Gasteiger partial charge in [-0.05, 0) is 18.2 Å². The lowest BCUT2D eigenvalue weighted by atomic mass is 10.2.